The van der Waals surface area contributed by atoms with Gasteiger partial charge < -0.3 is 0 Å². The maximum atomic E-state index is 12.0. The molecule has 1 aliphatic carbocycles. The number of allylic oxidation sites excluding steroid dienone is 1. The number of carbonyl (C=O) groups is 1. The lowest BCUT2D eigenvalue weighted by molar-refractivity contribution is -0.116. The topological polar surface area (TPSA) is 17.1 Å². The standard InChI is InChI=1S/C19H18O/c1-3-17-18-12-16(14-6-4-13(2)5-7-14)9-8-15(18)10-11-19(17)20/h4-12,17H,3H2,1-2H3. The van der Waals surface area contributed by atoms with Gasteiger partial charge in [0.2, 0.25) is 0 Å². The number of carbonyl (C=O) groups excluding carboxylic acids is 1. The summed E-state index contributed by atoms with van der Waals surface area (Å²) < 4.78 is 0. The summed E-state index contributed by atoms with van der Waals surface area (Å²) in [5.74, 6) is 0.237. The zero-order valence-corrected chi connectivity index (χ0v) is 11.9. The number of rotatable bonds is 2. The molecule has 0 radical (unpaired) electrons. The summed E-state index contributed by atoms with van der Waals surface area (Å²) in [6.45, 7) is 4.16. The SMILES string of the molecule is CCC1C(=O)C=Cc2ccc(-c3ccc(C)cc3)cc21. The normalized spacial score (nSPS) is 17.1. The van der Waals surface area contributed by atoms with E-state index in [9.17, 15) is 4.79 Å². The van der Waals surface area contributed by atoms with Crippen molar-refractivity contribution in [2.24, 2.45) is 0 Å². The Morgan fingerprint density at radius 1 is 0.950 bits per heavy atom. The van der Waals surface area contributed by atoms with Gasteiger partial charge in [-0.3, -0.25) is 4.79 Å². The van der Waals surface area contributed by atoms with Crippen LogP contribution in [-0.2, 0) is 4.79 Å². The Balaban J connectivity index is 2.08. The molecule has 20 heavy (non-hydrogen) atoms. The van der Waals surface area contributed by atoms with Crippen LogP contribution in [0.2, 0.25) is 0 Å². The van der Waals surface area contributed by atoms with Crippen LogP contribution in [0.3, 0.4) is 0 Å². The van der Waals surface area contributed by atoms with E-state index >= 15 is 0 Å². The molecule has 0 saturated carbocycles. The molecule has 0 amide bonds. The van der Waals surface area contributed by atoms with Crippen LogP contribution in [0.25, 0.3) is 17.2 Å². The van der Waals surface area contributed by atoms with Crippen molar-refractivity contribution in [1.82, 2.24) is 0 Å². The van der Waals surface area contributed by atoms with Crippen LogP contribution in [0.4, 0.5) is 0 Å². The number of fused-ring (bicyclic) bond motifs is 1. The monoisotopic (exact) mass is 262 g/mol. The van der Waals surface area contributed by atoms with Crippen LogP contribution in [0.15, 0.2) is 48.5 Å². The first-order chi connectivity index (χ1) is 9.69. The summed E-state index contributed by atoms with van der Waals surface area (Å²) in [5.41, 5.74) is 5.99. The number of aryl methyl sites for hydroxylation is 1. The minimum Gasteiger partial charge on any atom is -0.294 e. The predicted octanol–water partition coefficient (Wildman–Crippen LogP) is 4.75. The van der Waals surface area contributed by atoms with Gasteiger partial charge in [-0.05, 0) is 47.7 Å². The number of hydrogen-bond donors (Lipinski definition) is 0. The van der Waals surface area contributed by atoms with Gasteiger partial charge in [0.15, 0.2) is 5.78 Å². The van der Waals surface area contributed by atoms with Crippen LogP contribution >= 0.6 is 0 Å². The molecule has 0 aromatic heterocycles. The first-order valence-corrected chi connectivity index (χ1v) is 7.12. The highest BCUT2D eigenvalue weighted by molar-refractivity contribution is 6.02. The Morgan fingerprint density at radius 3 is 2.35 bits per heavy atom. The van der Waals surface area contributed by atoms with E-state index in [1.165, 1.54) is 22.3 Å². The van der Waals surface area contributed by atoms with E-state index in [2.05, 4.69) is 56.3 Å². The van der Waals surface area contributed by atoms with E-state index in [1.54, 1.807) is 6.08 Å². The Hall–Kier alpha value is -2.15. The molecule has 0 saturated heterocycles. The zero-order chi connectivity index (χ0) is 14.1. The Kier molecular flexibility index (Phi) is 3.27. The highest BCUT2D eigenvalue weighted by Gasteiger charge is 2.22. The molecule has 2 aromatic rings. The lowest BCUT2D eigenvalue weighted by atomic mass is 9.83. The third-order valence-corrected chi connectivity index (χ3v) is 4.03. The van der Waals surface area contributed by atoms with Crippen LogP contribution in [-0.4, -0.2) is 5.78 Å². The van der Waals surface area contributed by atoms with Gasteiger partial charge >= 0.3 is 0 Å². The second-order valence-corrected chi connectivity index (χ2v) is 5.41. The molecule has 0 bridgehead atoms. The predicted molar refractivity (Wildman–Crippen MR) is 83.7 cm³/mol. The molecule has 0 heterocycles. The molecule has 1 atom stereocenters. The van der Waals surface area contributed by atoms with E-state index in [-0.39, 0.29) is 11.7 Å². The summed E-state index contributed by atoms with van der Waals surface area (Å²) in [5, 5.41) is 0. The van der Waals surface area contributed by atoms with Gasteiger partial charge in [-0.15, -0.1) is 0 Å². The summed E-state index contributed by atoms with van der Waals surface area (Å²) in [6, 6.07) is 15.0. The molecule has 0 N–H and O–H groups in total. The Morgan fingerprint density at radius 2 is 1.65 bits per heavy atom. The van der Waals surface area contributed by atoms with E-state index in [4.69, 9.17) is 0 Å². The van der Waals surface area contributed by atoms with Crippen LogP contribution < -0.4 is 0 Å². The fourth-order valence-corrected chi connectivity index (χ4v) is 2.82. The van der Waals surface area contributed by atoms with Gasteiger partial charge in [0.05, 0.1) is 0 Å². The first kappa shape index (κ1) is 12.9. The molecule has 1 aliphatic rings. The summed E-state index contributed by atoms with van der Waals surface area (Å²) in [4.78, 5) is 12.0. The minimum atomic E-state index is 0.0143. The molecular formula is C19H18O. The van der Waals surface area contributed by atoms with Crippen molar-refractivity contribution < 1.29 is 4.79 Å². The molecule has 1 unspecified atom stereocenters. The van der Waals surface area contributed by atoms with Gasteiger partial charge in [-0.1, -0.05) is 55.0 Å². The van der Waals surface area contributed by atoms with Gasteiger partial charge in [-0.25, -0.2) is 0 Å². The molecule has 1 heteroatoms. The first-order valence-electron chi connectivity index (χ1n) is 7.12. The van der Waals surface area contributed by atoms with Gasteiger partial charge in [-0.2, -0.15) is 0 Å². The lowest BCUT2D eigenvalue weighted by Crippen LogP contribution is -2.13. The number of benzene rings is 2. The molecule has 0 spiro atoms. The average molecular weight is 262 g/mol. The van der Waals surface area contributed by atoms with Gasteiger partial charge in [0.1, 0.15) is 0 Å². The molecule has 100 valence electrons. The molecule has 1 nitrogen and oxygen atoms in total. The summed E-state index contributed by atoms with van der Waals surface area (Å²) >= 11 is 0. The molecular weight excluding hydrogens is 244 g/mol. The minimum absolute atomic E-state index is 0.0143. The van der Waals surface area contributed by atoms with E-state index in [0.717, 1.165) is 12.0 Å². The van der Waals surface area contributed by atoms with Gasteiger partial charge in [0, 0.05) is 5.92 Å². The molecule has 3 rings (SSSR count). The van der Waals surface area contributed by atoms with Crippen molar-refractivity contribution in [3.63, 3.8) is 0 Å². The Bertz CT molecular complexity index is 677. The number of ketones is 1. The fourth-order valence-electron chi connectivity index (χ4n) is 2.82. The maximum Gasteiger partial charge on any atom is 0.163 e. The van der Waals surface area contributed by atoms with Crippen molar-refractivity contribution in [2.75, 3.05) is 0 Å². The highest BCUT2D eigenvalue weighted by Crippen LogP contribution is 2.33. The second kappa shape index (κ2) is 5.09. The Labute approximate surface area is 120 Å². The third kappa shape index (κ3) is 2.20. The van der Waals surface area contributed by atoms with Gasteiger partial charge in [0.25, 0.3) is 0 Å². The molecule has 0 aliphatic heterocycles. The van der Waals surface area contributed by atoms with E-state index in [1.807, 2.05) is 6.08 Å². The third-order valence-electron chi connectivity index (χ3n) is 4.03. The quantitative estimate of drug-likeness (QED) is 0.763. The zero-order valence-electron chi connectivity index (χ0n) is 11.9. The van der Waals surface area contributed by atoms with Crippen molar-refractivity contribution in [3.8, 4) is 11.1 Å². The van der Waals surface area contributed by atoms with Crippen molar-refractivity contribution in [3.05, 3.63) is 65.2 Å². The van der Waals surface area contributed by atoms with Crippen molar-refractivity contribution >= 4 is 11.9 Å². The van der Waals surface area contributed by atoms with Crippen molar-refractivity contribution in [2.45, 2.75) is 26.2 Å². The fraction of sp³-hybridized carbons (Fsp3) is 0.211. The highest BCUT2D eigenvalue weighted by atomic mass is 16.1. The lowest BCUT2D eigenvalue weighted by Gasteiger charge is -2.20. The summed E-state index contributed by atoms with van der Waals surface area (Å²) in [7, 11) is 0. The maximum absolute atomic E-state index is 12.0. The van der Waals surface area contributed by atoms with E-state index in [0.29, 0.717) is 0 Å². The van der Waals surface area contributed by atoms with Crippen LogP contribution in [0.1, 0.15) is 36.0 Å². The average Bonchev–Trinajstić information content (AvgIpc) is 2.47. The largest absolute Gasteiger partial charge is 0.294 e. The van der Waals surface area contributed by atoms with E-state index < -0.39 is 0 Å². The summed E-state index contributed by atoms with van der Waals surface area (Å²) in [6.07, 6.45) is 4.50. The van der Waals surface area contributed by atoms with Crippen LogP contribution in [0, 0.1) is 6.92 Å². The van der Waals surface area contributed by atoms with Crippen molar-refractivity contribution in [1.29, 1.82) is 0 Å². The molecule has 0 fully saturated rings. The van der Waals surface area contributed by atoms with Crippen LogP contribution in [0.5, 0.6) is 0 Å². The smallest absolute Gasteiger partial charge is 0.163 e. The second-order valence-electron chi connectivity index (χ2n) is 5.41. The molecule has 2 aromatic carbocycles. The number of hydrogen-bond acceptors (Lipinski definition) is 1.